The molecule has 9 heteroatoms. The van der Waals surface area contributed by atoms with Crippen LogP contribution in [0, 0.1) is 5.82 Å². The van der Waals surface area contributed by atoms with E-state index >= 15 is 0 Å². The minimum Gasteiger partial charge on any atom is -0.480 e. The lowest BCUT2D eigenvalue weighted by atomic mass is 10.2. The Hall–Kier alpha value is -2.65. The van der Waals surface area contributed by atoms with Crippen LogP contribution in [0.25, 0.3) is 11.1 Å². The average molecular weight is 466 g/mol. The number of hydrogen-bond acceptors (Lipinski definition) is 5. The number of carbonyl (C=O) groups is 1. The maximum absolute atomic E-state index is 13.2. The third-order valence-electron chi connectivity index (χ3n) is 4.27. The van der Waals surface area contributed by atoms with Crippen LogP contribution in [0.2, 0.25) is 0 Å². The fourth-order valence-electron chi connectivity index (χ4n) is 2.71. The van der Waals surface area contributed by atoms with Crippen LogP contribution in [0.1, 0.15) is 6.92 Å². The lowest BCUT2D eigenvalue weighted by Gasteiger charge is -2.16. The van der Waals surface area contributed by atoms with E-state index in [1.54, 1.807) is 25.1 Å². The van der Waals surface area contributed by atoms with Crippen LogP contribution < -0.4 is 15.8 Å². The van der Waals surface area contributed by atoms with E-state index in [0.717, 1.165) is 0 Å². The van der Waals surface area contributed by atoms with Gasteiger partial charge in [-0.25, -0.2) is 9.18 Å². The predicted octanol–water partition coefficient (Wildman–Crippen LogP) is 3.46. The summed E-state index contributed by atoms with van der Waals surface area (Å²) < 4.78 is 26.0. The molecule has 154 valence electrons. The minimum absolute atomic E-state index is 0.358. The van der Waals surface area contributed by atoms with Crippen molar-refractivity contribution in [2.24, 2.45) is 0 Å². The molecule has 3 rings (SSSR count). The number of amides is 1. The zero-order valence-corrected chi connectivity index (χ0v) is 17.8. The van der Waals surface area contributed by atoms with Gasteiger partial charge in [-0.3, -0.25) is 9.36 Å². The summed E-state index contributed by atoms with van der Waals surface area (Å²) in [6.45, 7) is 2.73. The minimum atomic E-state index is -0.826. The molecule has 0 radical (unpaired) electrons. The standard InChI is InChI=1S/C20H21BrFN3O4/c1-12(28-17-6-4-13(22)10-15(17)21)19(26)23-14-5-7-18-16(11-14)25(20(27)29-18)9-8-24(2)3/h4-7,10-12H,8-9H2,1-3H3,(H,23,26). The molecule has 0 saturated carbocycles. The van der Waals surface area contributed by atoms with Crippen molar-refractivity contribution in [3.63, 3.8) is 0 Å². The molecule has 2 aromatic carbocycles. The molecular formula is C20H21BrFN3O4. The van der Waals surface area contributed by atoms with Gasteiger partial charge in [-0.2, -0.15) is 0 Å². The molecule has 1 aromatic heterocycles. The van der Waals surface area contributed by atoms with Crippen molar-refractivity contribution in [1.29, 1.82) is 0 Å². The normalized spacial score (nSPS) is 12.3. The van der Waals surface area contributed by atoms with Gasteiger partial charge in [0.25, 0.3) is 5.91 Å². The summed E-state index contributed by atoms with van der Waals surface area (Å²) in [7, 11) is 3.83. The molecule has 1 atom stereocenters. The monoisotopic (exact) mass is 465 g/mol. The highest BCUT2D eigenvalue weighted by Gasteiger charge is 2.18. The number of ether oxygens (including phenoxy) is 1. The van der Waals surface area contributed by atoms with Crippen molar-refractivity contribution in [3.8, 4) is 5.75 Å². The summed E-state index contributed by atoms with van der Waals surface area (Å²) in [6.07, 6.45) is -0.826. The van der Waals surface area contributed by atoms with E-state index in [1.165, 1.54) is 22.8 Å². The number of aromatic nitrogens is 1. The van der Waals surface area contributed by atoms with Crippen molar-refractivity contribution in [3.05, 3.63) is 57.2 Å². The Kier molecular flexibility index (Phi) is 6.39. The average Bonchev–Trinajstić information content (AvgIpc) is 2.96. The van der Waals surface area contributed by atoms with Gasteiger partial charge in [0.1, 0.15) is 11.6 Å². The van der Waals surface area contributed by atoms with E-state index < -0.39 is 17.7 Å². The number of rotatable bonds is 7. The molecule has 3 aromatic rings. The molecule has 29 heavy (non-hydrogen) atoms. The number of fused-ring (bicyclic) bond motifs is 1. The van der Waals surface area contributed by atoms with Gasteiger partial charge in [0.15, 0.2) is 11.7 Å². The van der Waals surface area contributed by atoms with Crippen molar-refractivity contribution in [1.82, 2.24) is 9.47 Å². The number of nitrogens with one attached hydrogen (secondary N) is 1. The maximum atomic E-state index is 13.2. The lowest BCUT2D eigenvalue weighted by molar-refractivity contribution is -0.122. The summed E-state index contributed by atoms with van der Waals surface area (Å²) >= 11 is 3.21. The topological polar surface area (TPSA) is 76.7 Å². The van der Waals surface area contributed by atoms with Gasteiger partial charge in [-0.15, -0.1) is 0 Å². The lowest BCUT2D eigenvalue weighted by Crippen LogP contribution is -2.30. The Morgan fingerprint density at radius 2 is 2.07 bits per heavy atom. The second-order valence-corrected chi connectivity index (χ2v) is 7.68. The molecule has 0 saturated heterocycles. The second-order valence-electron chi connectivity index (χ2n) is 6.83. The Bertz CT molecular complexity index is 1090. The summed E-state index contributed by atoms with van der Waals surface area (Å²) in [5.41, 5.74) is 1.56. The van der Waals surface area contributed by atoms with E-state index in [0.29, 0.717) is 40.1 Å². The molecule has 7 nitrogen and oxygen atoms in total. The summed E-state index contributed by atoms with van der Waals surface area (Å²) in [4.78, 5) is 26.6. The van der Waals surface area contributed by atoms with E-state index in [4.69, 9.17) is 9.15 Å². The third kappa shape index (κ3) is 5.04. The van der Waals surface area contributed by atoms with Gasteiger partial charge in [0.05, 0.1) is 9.99 Å². The SMILES string of the molecule is CC(Oc1ccc(F)cc1Br)C(=O)Nc1ccc2oc(=O)n(CCN(C)C)c2c1. The first-order chi connectivity index (χ1) is 13.7. The van der Waals surface area contributed by atoms with Crippen LogP contribution >= 0.6 is 15.9 Å². The zero-order chi connectivity index (χ0) is 21.1. The van der Waals surface area contributed by atoms with Crippen LogP contribution in [0.4, 0.5) is 10.1 Å². The van der Waals surface area contributed by atoms with Crippen LogP contribution in [-0.4, -0.2) is 42.1 Å². The number of halogens is 2. The smallest absolute Gasteiger partial charge is 0.419 e. The molecule has 0 aliphatic carbocycles. The van der Waals surface area contributed by atoms with Gasteiger partial charge in [-0.05, 0) is 73.3 Å². The highest BCUT2D eigenvalue weighted by molar-refractivity contribution is 9.10. The van der Waals surface area contributed by atoms with E-state index in [2.05, 4.69) is 21.2 Å². The Balaban J connectivity index is 1.75. The quantitative estimate of drug-likeness (QED) is 0.577. The first-order valence-electron chi connectivity index (χ1n) is 8.95. The van der Waals surface area contributed by atoms with Crippen molar-refractivity contribution >= 4 is 38.6 Å². The van der Waals surface area contributed by atoms with Gasteiger partial charge in [0.2, 0.25) is 0 Å². The fourth-order valence-corrected chi connectivity index (χ4v) is 3.15. The van der Waals surface area contributed by atoms with E-state index in [-0.39, 0.29) is 5.91 Å². The fraction of sp³-hybridized carbons (Fsp3) is 0.300. The molecule has 1 N–H and O–H groups in total. The van der Waals surface area contributed by atoms with Crippen LogP contribution in [0.15, 0.2) is 50.1 Å². The summed E-state index contributed by atoms with van der Waals surface area (Å²) in [5.74, 6) is -0.874. The number of carbonyl (C=O) groups excluding carboxylic acids is 1. The van der Waals surface area contributed by atoms with E-state index in [1.807, 2.05) is 19.0 Å². The number of oxazole rings is 1. The number of likely N-dealkylation sites (N-methyl/N-ethyl adjacent to an activating group) is 1. The largest absolute Gasteiger partial charge is 0.480 e. The molecule has 0 aliphatic rings. The first kappa shape index (κ1) is 21.1. The molecule has 1 amide bonds. The molecule has 0 aliphatic heterocycles. The number of anilines is 1. The number of nitrogens with zero attached hydrogens (tertiary/aromatic N) is 2. The highest BCUT2D eigenvalue weighted by atomic mass is 79.9. The molecule has 1 heterocycles. The molecule has 0 bridgehead atoms. The summed E-state index contributed by atoms with van der Waals surface area (Å²) in [5, 5.41) is 2.77. The number of benzene rings is 2. The van der Waals surface area contributed by atoms with Gasteiger partial charge in [0, 0.05) is 18.8 Å². The predicted molar refractivity (Wildman–Crippen MR) is 112 cm³/mol. The molecular weight excluding hydrogens is 445 g/mol. The third-order valence-corrected chi connectivity index (χ3v) is 4.89. The zero-order valence-electron chi connectivity index (χ0n) is 16.2. The first-order valence-corrected chi connectivity index (χ1v) is 9.74. The maximum Gasteiger partial charge on any atom is 0.419 e. The highest BCUT2D eigenvalue weighted by Crippen LogP contribution is 2.26. The van der Waals surface area contributed by atoms with Crippen LogP contribution in [-0.2, 0) is 11.3 Å². The second kappa shape index (κ2) is 8.79. The van der Waals surface area contributed by atoms with E-state index in [9.17, 15) is 14.0 Å². The van der Waals surface area contributed by atoms with Gasteiger partial charge in [-0.1, -0.05) is 0 Å². The number of hydrogen-bond donors (Lipinski definition) is 1. The van der Waals surface area contributed by atoms with Crippen molar-refractivity contribution < 1.29 is 18.3 Å². The van der Waals surface area contributed by atoms with Crippen LogP contribution in [0.3, 0.4) is 0 Å². The van der Waals surface area contributed by atoms with Gasteiger partial charge < -0.3 is 19.4 Å². The van der Waals surface area contributed by atoms with Crippen molar-refractivity contribution in [2.75, 3.05) is 26.0 Å². The molecule has 1 unspecified atom stereocenters. The summed E-state index contributed by atoms with van der Waals surface area (Å²) in [6, 6.07) is 8.95. The Morgan fingerprint density at radius 3 is 2.76 bits per heavy atom. The van der Waals surface area contributed by atoms with Crippen LogP contribution in [0.5, 0.6) is 5.75 Å². The Labute approximate surface area is 175 Å². The van der Waals surface area contributed by atoms with Crippen molar-refractivity contribution in [2.45, 2.75) is 19.6 Å². The van der Waals surface area contributed by atoms with Gasteiger partial charge >= 0.3 is 5.76 Å². The molecule has 0 spiro atoms. The molecule has 0 fully saturated rings. The Morgan fingerprint density at radius 1 is 1.31 bits per heavy atom.